The van der Waals surface area contributed by atoms with E-state index in [1.165, 1.54) is 0 Å². The van der Waals surface area contributed by atoms with Crippen LogP contribution in [0, 0.1) is 0 Å². The molecule has 2 rings (SSSR count). The van der Waals surface area contributed by atoms with Gasteiger partial charge in [0.1, 0.15) is 5.75 Å². The normalized spacial score (nSPS) is 22.6. The number of benzene rings is 1. The zero-order valence-corrected chi connectivity index (χ0v) is 12.4. The summed E-state index contributed by atoms with van der Waals surface area (Å²) >= 11 is 5.79. The van der Waals surface area contributed by atoms with Gasteiger partial charge in [-0.3, -0.25) is 4.79 Å². The summed E-state index contributed by atoms with van der Waals surface area (Å²) in [5.41, 5.74) is 0. The second-order valence-electron chi connectivity index (χ2n) is 4.92. The number of hydrogen-bond acceptors (Lipinski definition) is 3. The van der Waals surface area contributed by atoms with Gasteiger partial charge in [0.15, 0.2) is 0 Å². The summed E-state index contributed by atoms with van der Waals surface area (Å²) in [4.78, 5) is 14.0. The van der Waals surface area contributed by atoms with Crippen LogP contribution in [-0.4, -0.2) is 48.6 Å². The zero-order chi connectivity index (χ0) is 14.4. The molecule has 5 heteroatoms. The molecule has 0 N–H and O–H groups in total. The van der Waals surface area contributed by atoms with Gasteiger partial charge in [0.25, 0.3) is 0 Å². The number of amides is 1. The third-order valence-corrected chi connectivity index (χ3v) is 3.67. The maximum absolute atomic E-state index is 12.2. The van der Waals surface area contributed by atoms with E-state index >= 15 is 0 Å². The number of carbonyl (C=O) groups excluding carboxylic acids is 1. The maximum Gasteiger partial charge on any atom is 0.226 e. The first-order chi connectivity index (χ1) is 9.70. The molecule has 20 heavy (non-hydrogen) atoms. The van der Waals surface area contributed by atoms with Gasteiger partial charge in [-0.15, -0.1) is 11.6 Å². The molecule has 0 radical (unpaired) electrons. The fraction of sp³-hybridized carbons (Fsp3) is 0.533. The lowest BCUT2D eigenvalue weighted by molar-refractivity contribution is -0.143. The van der Waals surface area contributed by atoms with E-state index in [0.717, 1.165) is 5.75 Å². The van der Waals surface area contributed by atoms with Gasteiger partial charge in [0, 0.05) is 6.54 Å². The number of ether oxygens (including phenoxy) is 2. The van der Waals surface area contributed by atoms with Crippen molar-refractivity contribution in [1.29, 1.82) is 0 Å². The molecule has 1 amide bonds. The smallest absolute Gasteiger partial charge is 0.226 e. The van der Waals surface area contributed by atoms with E-state index in [1.54, 1.807) is 0 Å². The quantitative estimate of drug-likeness (QED) is 0.783. The maximum atomic E-state index is 12.2. The Labute approximate surface area is 124 Å². The van der Waals surface area contributed by atoms with Crippen molar-refractivity contribution in [3.63, 3.8) is 0 Å². The predicted molar refractivity (Wildman–Crippen MR) is 78.2 cm³/mol. The highest BCUT2D eigenvalue weighted by molar-refractivity contribution is 6.18. The number of rotatable bonds is 5. The second kappa shape index (κ2) is 7.50. The molecule has 0 aliphatic carbocycles. The minimum Gasteiger partial charge on any atom is -0.493 e. The van der Waals surface area contributed by atoms with Crippen LogP contribution in [0.2, 0.25) is 0 Å². The van der Waals surface area contributed by atoms with E-state index in [4.69, 9.17) is 21.1 Å². The minimum absolute atomic E-state index is 0.0631. The monoisotopic (exact) mass is 297 g/mol. The molecule has 2 unspecified atom stereocenters. The third kappa shape index (κ3) is 4.12. The average Bonchev–Trinajstić information content (AvgIpc) is 2.48. The summed E-state index contributed by atoms with van der Waals surface area (Å²) in [6.07, 6.45) is 0.306. The van der Waals surface area contributed by atoms with Crippen molar-refractivity contribution in [3.8, 4) is 5.75 Å². The number of carbonyl (C=O) groups is 1. The zero-order valence-electron chi connectivity index (χ0n) is 11.6. The molecule has 0 bridgehead atoms. The molecule has 1 aromatic carbocycles. The number of morpholine rings is 1. The highest BCUT2D eigenvalue weighted by Crippen LogP contribution is 2.15. The van der Waals surface area contributed by atoms with Gasteiger partial charge >= 0.3 is 0 Å². The van der Waals surface area contributed by atoms with Crippen LogP contribution in [-0.2, 0) is 9.53 Å². The Bertz CT molecular complexity index is 426. The minimum atomic E-state index is -0.0631. The van der Waals surface area contributed by atoms with Crippen LogP contribution in [0.25, 0.3) is 0 Å². The summed E-state index contributed by atoms with van der Waals surface area (Å²) < 4.78 is 11.1. The molecule has 1 heterocycles. The van der Waals surface area contributed by atoms with Crippen LogP contribution in [0.15, 0.2) is 30.3 Å². The van der Waals surface area contributed by atoms with Gasteiger partial charge in [-0.25, -0.2) is 0 Å². The van der Waals surface area contributed by atoms with Crippen molar-refractivity contribution < 1.29 is 14.3 Å². The van der Waals surface area contributed by atoms with E-state index in [2.05, 4.69) is 0 Å². The predicted octanol–water partition coefficient (Wildman–Crippen LogP) is 2.31. The van der Waals surface area contributed by atoms with Gasteiger partial charge in [0.05, 0.1) is 37.7 Å². The lowest BCUT2D eigenvalue weighted by Crippen LogP contribution is -2.51. The Balaban J connectivity index is 1.79. The number of alkyl halides is 1. The fourth-order valence-electron chi connectivity index (χ4n) is 2.17. The molecule has 2 atom stereocenters. The number of nitrogens with zero attached hydrogens (tertiary/aromatic N) is 1. The van der Waals surface area contributed by atoms with Crippen molar-refractivity contribution in [1.82, 2.24) is 4.90 Å². The molecule has 1 saturated heterocycles. The van der Waals surface area contributed by atoms with Crippen LogP contribution >= 0.6 is 11.6 Å². The SMILES string of the molecule is CC1COC(CCl)CN1C(=O)CCOc1ccccc1. The molecule has 4 nitrogen and oxygen atoms in total. The summed E-state index contributed by atoms with van der Waals surface area (Å²) in [6.45, 7) is 3.48. The standard InChI is InChI=1S/C15H20ClNO3/c1-12-11-20-14(9-16)10-17(12)15(18)7-8-19-13-5-3-2-4-6-13/h2-6,12,14H,7-11H2,1H3. The van der Waals surface area contributed by atoms with Crippen molar-refractivity contribution in [2.75, 3.05) is 25.6 Å². The number of halogens is 1. The Morgan fingerprint density at radius 3 is 2.90 bits per heavy atom. The second-order valence-corrected chi connectivity index (χ2v) is 5.22. The molecular formula is C15H20ClNO3. The van der Waals surface area contributed by atoms with Gasteiger partial charge in [-0.05, 0) is 19.1 Å². The van der Waals surface area contributed by atoms with E-state index in [9.17, 15) is 4.79 Å². The van der Waals surface area contributed by atoms with E-state index in [0.29, 0.717) is 32.1 Å². The summed E-state index contributed by atoms with van der Waals surface area (Å²) in [5, 5.41) is 0. The molecule has 1 aromatic rings. The van der Waals surface area contributed by atoms with Crippen molar-refractivity contribution in [2.24, 2.45) is 0 Å². The first-order valence-electron chi connectivity index (χ1n) is 6.85. The van der Waals surface area contributed by atoms with Crippen LogP contribution in [0.3, 0.4) is 0 Å². The van der Waals surface area contributed by atoms with Crippen LogP contribution in [0.5, 0.6) is 5.75 Å². The van der Waals surface area contributed by atoms with Crippen LogP contribution < -0.4 is 4.74 Å². The van der Waals surface area contributed by atoms with E-state index < -0.39 is 0 Å². The van der Waals surface area contributed by atoms with Crippen LogP contribution in [0.4, 0.5) is 0 Å². The van der Waals surface area contributed by atoms with E-state index in [1.807, 2.05) is 42.2 Å². The van der Waals surface area contributed by atoms with Crippen molar-refractivity contribution in [3.05, 3.63) is 30.3 Å². The molecule has 0 saturated carbocycles. The largest absolute Gasteiger partial charge is 0.493 e. The highest BCUT2D eigenvalue weighted by Gasteiger charge is 2.28. The van der Waals surface area contributed by atoms with Gasteiger partial charge < -0.3 is 14.4 Å². The average molecular weight is 298 g/mol. The molecule has 0 aromatic heterocycles. The molecule has 1 aliphatic rings. The first-order valence-corrected chi connectivity index (χ1v) is 7.39. The topological polar surface area (TPSA) is 38.8 Å². The molecule has 1 fully saturated rings. The molecule has 110 valence electrons. The van der Waals surface area contributed by atoms with Crippen molar-refractivity contribution in [2.45, 2.75) is 25.5 Å². The number of hydrogen-bond donors (Lipinski definition) is 0. The number of para-hydroxylation sites is 1. The van der Waals surface area contributed by atoms with Gasteiger partial charge in [-0.2, -0.15) is 0 Å². The van der Waals surface area contributed by atoms with Crippen LogP contribution in [0.1, 0.15) is 13.3 Å². The Hall–Kier alpha value is -1.26. The highest BCUT2D eigenvalue weighted by atomic mass is 35.5. The fourth-order valence-corrected chi connectivity index (χ4v) is 2.36. The third-order valence-electron chi connectivity index (χ3n) is 3.33. The van der Waals surface area contributed by atoms with Gasteiger partial charge in [0.2, 0.25) is 5.91 Å². The van der Waals surface area contributed by atoms with Crippen molar-refractivity contribution >= 4 is 17.5 Å². The Kier molecular flexibility index (Phi) is 5.68. The lowest BCUT2D eigenvalue weighted by Gasteiger charge is -2.37. The molecule has 1 aliphatic heterocycles. The van der Waals surface area contributed by atoms with Gasteiger partial charge in [-0.1, -0.05) is 18.2 Å². The Morgan fingerprint density at radius 1 is 1.45 bits per heavy atom. The Morgan fingerprint density at radius 2 is 2.20 bits per heavy atom. The molecular weight excluding hydrogens is 278 g/mol. The summed E-state index contributed by atoms with van der Waals surface area (Å²) in [5.74, 6) is 1.29. The lowest BCUT2D eigenvalue weighted by atomic mass is 10.2. The van der Waals surface area contributed by atoms with E-state index in [-0.39, 0.29) is 18.1 Å². The summed E-state index contributed by atoms with van der Waals surface area (Å²) in [6, 6.07) is 9.60. The molecule has 0 spiro atoms. The first kappa shape index (κ1) is 15.1. The summed E-state index contributed by atoms with van der Waals surface area (Å²) in [7, 11) is 0.